The number of nitrogens with zero attached hydrogens (tertiary/aromatic N) is 1. The highest BCUT2D eigenvalue weighted by Gasteiger charge is 2.14. The Labute approximate surface area is 210 Å². The number of benzene rings is 3. The van der Waals surface area contributed by atoms with Crippen molar-refractivity contribution in [1.29, 1.82) is 5.26 Å². The molecule has 0 saturated heterocycles. The second-order valence-electron chi connectivity index (χ2n) is 6.45. The summed E-state index contributed by atoms with van der Waals surface area (Å²) in [6.07, 6.45) is 1.44. The third kappa shape index (κ3) is 6.11. The Kier molecular flexibility index (Phi) is 8.32. The molecule has 0 heterocycles. The molecule has 0 aliphatic heterocycles. The van der Waals surface area contributed by atoms with Gasteiger partial charge in [0.25, 0.3) is 5.91 Å². The Balaban J connectivity index is 1.78. The van der Waals surface area contributed by atoms with Gasteiger partial charge in [0.2, 0.25) is 0 Å². The summed E-state index contributed by atoms with van der Waals surface area (Å²) in [6, 6.07) is 16.1. The van der Waals surface area contributed by atoms with Gasteiger partial charge >= 0.3 is 0 Å². The van der Waals surface area contributed by atoms with Crippen LogP contribution in [0.25, 0.3) is 6.08 Å². The largest absolute Gasteiger partial charge is 0.487 e. The van der Waals surface area contributed by atoms with Gasteiger partial charge in [-0.1, -0.05) is 41.4 Å². The van der Waals surface area contributed by atoms with Crippen LogP contribution >= 0.6 is 55.1 Å². The van der Waals surface area contributed by atoms with E-state index in [1.165, 1.54) is 18.2 Å². The van der Waals surface area contributed by atoms with Crippen LogP contribution in [-0.4, -0.2) is 5.91 Å². The van der Waals surface area contributed by atoms with E-state index >= 15 is 0 Å². The molecule has 0 unspecified atom stereocenters. The first kappa shape index (κ1) is 24.3. The predicted octanol–water partition coefficient (Wildman–Crippen LogP) is 7.78. The number of anilines is 1. The van der Waals surface area contributed by atoms with Gasteiger partial charge in [-0.3, -0.25) is 4.79 Å². The van der Waals surface area contributed by atoms with Crippen LogP contribution in [0.1, 0.15) is 11.1 Å². The quantitative estimate of drug-likeness (QED) is 0.233. The SMILES string of the molecule is N#C/C(=C/c1cc(Br)c(OCc2ccc(F)cc2)c(Br)c1)C(=O)Nc1cccc(Cl)c1Cl. The van der Waals surface area contributed by atoms with E-state index < -0.39 is 5.91 Å². The first-order valence-corrected chi connectivity index (χ1v) is 11.4. The van der Waals surface area contributed by atoms with Crippen molar-refractivity contribution in [3.63, 3.8) is 0 Å². The maximum atomic E-state index is 13.0. The van der Waals surface area contributed by atoms with Gasteiger partial charge in [0, 0.05) is 0 Å². The Morgan fingerprint density at radius 1 is 1.12 bits per heavy atom. The van der Waals surface area contributed by atoms with E-state index in [0.717, 1.165) is 5.56 Å². The molecule has 0 aliphatic rings. The van der Waals surface area contributed by atoms with Crippen molar-refractivity contribution >= 4 is 72.7 Å². The van der Waals surface area contributed by atoms with E-state index in [1.807, 2.05) is 6.07 Å². The minimum Gasteiger partial charge on any atom is -0.487 e. The van der Waals surface area contributed by atoms with Crippen LogP contribution in [0.3, 0.4) is 0 Å². The lowest BCUT2D eigenvalue weighted by molar-refractivity contribution is -0.112. The van der Waals surface area contributed by atoms with Crippen molar-refractivity contribution in [1.82, 2.24) is 0 Å². The van der Waals surface area contributed by atoms with E-state index in [9.17, 15) is 14.4 Å². The predicted molar refractivity (Wildman–Crippen MR) is 131 cm³/mol. The molecule has 3 aromatic carbocycles. The summed E-state index contributed by atoms with van der Waals surface area (Å²) < 4.78 is 20.1. The van der Waals surface area contributed by atoms with Gasteiger partial charge in [-0.25, -0.2) is 4.39 Å². The van der Waals surface area contributed by atoms with Crippen LogP contribution in [0.5, 0.6) is 5.75 Å². The Hall–Kier alpha value is -2.37. The topological polar surface area (TPSA) is 62.1 Å². The van der Waals surface area contributed by atoms with Gasteiger partial charge in [-0.05, 0) is 85.5 Å². The second-order valence-corrected chi connectivity index (χ2v) is 8.95. The lowest BCUT2D eigenvalue weighted by Crippen LogP contribution is -2.13. The molecule has 0 fully saturated rings. The molecule has 32 heavy (non-hydrogen) atoms. The summed E-state index contributed by atoms with van der Waals surface area (Å²) in [5.41, 5.74) is 1.57. The van der Waals surface area contributed by atoms with Gasteiger partial charge in [0.15, 0.2) is 0 Å². The lowest BCUT2D eigenvalue weighted by atomic mass is 10.1. The first-order valence-electron chi connectivity index (χ1n) is 9.02. The van der Waals surface area contributed by atoms with Gasteiger partial charge in [0.1, 0.15) is 29.8 Å². The maximum Gasteiger partial charge on any atom is 0.266 e. The molecule has 3 aromatic rings. The summed E-state index contributed by atoms with van der Waals surface area (Å²) in [6.45, 7) is 0.235. The molecule has 0 atom stereocenters. The highest BCUT2D eigenvalue weighted by molar-refractivity contribution is 9.11. The van der Waals surface area contributed by atoms with Gasteiger partial charge in [0.05, 0.1) is 24.7 Å². The zero-order valence-corrected chi connectivity index (χ0v) is 20.8. The fraction of sp³-hybridized carbons (Fsp3) is 0.0435. The summed E-state index contributed by atoms with van der Waals surface area (Å²) in [4.78, 5) is 12.6. The number of carbonyl (C=O) groups excluding carboxylic acids is 1. The number of nitrogens with one attached hydrogen (secondary N) is 1. The number of rotatable bonds is 6. The first-order chi connectivity index (χ1) is 15.3. The number of hydrogen-bond donors (Lipinski definition) is 1. The number of amides is 1. The maximum absolute atomic E-state index is 13.0. The second kappa shape index (κ2) is 11.0. The van der Waals surface area contributed by atoms with Crippen LogP contribution < -0.4 is 10.1 Å². The molecule has 9 heteroatoms. The van der Waals surface area contributed by atoms with Crippen LogP contribution in [0.15, 0.2) is 69.1 Å². The molecule has 0 spiro atoms. The minimum absolute atomic E-state index is 0.125. The average Bonchev–Trinajstić information content (AvgIpc) is 2.76. The molecule has 3 rings (SSSR count). The fourth-order valence-corrected chi connectivity index (χ4v) is 4.44. The zero-order chi connectivity index (χ0) is 23.3. The Bertz CT molecular complexity index is 1220. The molecule has 0 aromatic heterocycles. The monoisotopic (exact) mass is 596 g/mol. The zero-order valence-electron chi connectivity index (χ0n) is 16.1. The number of nitriles is 1. The van der Waals surface area contributed by atoms with Crippen LogP contribution in [-0.2, 0) is 11.4 Å². The van der Waals surface area contributed by atoms with Crippen molar-refractivity contribution in [2.24, 2.45) is 0 Å². The average molecular weight is 599 g/mol. The molecular weight excluding hydrogens is 586 g/mol. The molecule has 0 radical (unpaired) electrons. The minimum atomic E-state index is -0.624. The van der Waals surface area contributed by atoms with Crippen molar-refractivity contribution in [3.05, 3.63) is 96.1 Å². The molecule has 1 N–H and O–H groups in total. The molecule has 4 nitrogen and oxygen atoms in total. The molecule has 0 saturated carbocycles. The smallest absolute Gasteiger partial charge is 0.266 e. The summed E-state index contributed by atoms with van der Waals surface area (Å²) in [5.74, 6) is -0.414. The van der Waals surface area contributed by atoms with Crippen LogP contribution in [0.2, 0.25) is 10.0 Å². The molecule has 0 bridgehead atoms. The van der Waals surface area contributed by atoms with Crippen molar-refractivity contribution in [2.45, 2.75) is 6.61 Å². The number of carbonyl (C=O) groups is 1. The Morgan fingerprint density at radius 2 is 1.78 bits per heavy atom. The van der Waals surface area contributed by atoms with E-state index in [-0.39, 0.29) is 28.0 Å². The summed E-state index contributed by atoms with van der Waals surface area (Å²) >= 11 is 18.9. The van der Waals surface area contributed by atoms with Crippen molar-refractivity contribution in [2.75, 3.05) is 5.32 Å². The van der Waals surface area contributed by atoms with Crippen LogP contribution in [0.4, 0.5) is 10.1 Å². The molecule has 0 aliphatic carbocycles. The summed E-state index contributed by atoms with van der Waals surface area (Å²) in [5, 5.41) is 12.5. The normalized spacial score (nSPS) is 11.1. The van der Waals surface area contributed by atoms with E-state index in [0.29, 0.717) is 25.9 Å². The molecule has 1 amide bonds. The third-order valence-corrected chi connectivity index (χ3v) is 6.19. The van der Waals surface area contributed by atoms with E-state index in [1.54, 1.807) is 42.5 Å². The number of hydrogen-bond acceptors (Lipinski definition) is 3. The fourth-order valence-electron chi connectivity index (χ4n) is 2.64. The van der Waals surface area contributed by atoms with E-state index in [4.69, 9.17) is 27.9 Å². The standard InChI is InChI=1S/C23H13Br2Cl2FN2O2/c24-17-9-14(10-18(25)22(17)32-12-13-4-6-16(28)7-5-13)8-15(11-29)23(31)30-20-3-1-2-19(26)21(20)27/h1-10H,12H2,(H,30,31)/b15-8-. The van der Waals surface area contributed by atoms with Gasteiger partial charge in [-0.2, -0.15) is 5.26 Å². The Morgan fingerprint density at radius 3 is 2.41 bits per heavy atom. The summed E-state index contributed by atoms with van der Waals surface area (Å²) in [7, 11) is 0. The van der Waals surface area contributed by atoms with E-state index in [2.05, 4.69) is 37.2 Å². The third-order valence-electron chi connectivity index (χ3n) is 4.19. The van der Waals surface area contributed by atoms with Crippen molar-refractivity contribution < 1.29 is 13.9 Å². The van der Waals surface area contributed by atoms with Gasteiger partial charge in [-0.15, -0.1) is 0 Å². The number of ether oxygens (including phenoxy) is 1. The lowest BCUT2D eigenvalue weighted by Gasteiger charge is -2.12. The van der Waals surface area contributed by atoms with Crippen molar-refractivity contribution in [3.8, 4) is 11.8 Å². The van der Waals surface area contributed by atoms with Crippen LogP contribution in [0, 0.1) is 17.1 Å². The highest BCUT2D eigenvalue weighted by Crippen LogP contribution is 2.36. The molecular formula is C23H13Br2Cl2FN2O2. The number of halogens is 5. The highest BCUT2D eigenvalue weighted by atomic mass is 79.9. The molecule has 162 valence electrons. The van der Waals surface area contributed by atoms with Gasteiger partial charge < -0.3 is 10.1 Å².